The van der Waals surface area contributed by atoms with E-state index in [0.717, 1.165) is 24.5 Å². The van der Waals surface area contributed by atoms with E-state index >= 15 is 0 Å². The van der Waals surface area contributed by atoms with Crippen molar-refractivity contribution >= 4 is 41.5 Å². The molecule has 7 heteroatoms. The smallest absolute Gasteiger partial charge is 0.340 e. The number of benzene rings is 2. The van der Waals surface area contributed by atoms with E-state index in [0.29, 0.717) is 31.9 Å². The van der Waals surface area contributed by atoms with E-state index < -0.39 is 0 Å². The Morgan fingerprint density at radius 1 is 1.18 bits per heavy atom. The SMILES string of the molecule is CCOC(=O)c1cc(NCc2ccc(SC)cc2)ccc1N1CCOCC1.Cl. The highest BCUT2D eigenvalue weighted by Gasteiger charge is 2.20. The fourth-order valence-corrected chi connectivity index (χ4v) is 3.45. The van der Waals surface area contributed by atoms with Gasteiger partial charge in [0.05, 0.1) is 31.1 Å². The number of anilines is 2. The molecular weight excluding hydrogens is 396 g/mol. The first kappa shape index (κ1) is 22.4. The van der Waals surface area contributed by atoms with Crippen LogP contribution in [0.2, 0.25) is 0 Å². The van der Waals surface area contributed by atoms with Crippen LogP contribution >= 0.6 is 24.2 Å². The van der Waals surface area contributed by atoms with Gasteiger partial charge in [-0.15, -0.1) is 24.2 Å². The predicted molar refractivity (Wildman–Crippen MR) is 118 cm³/mol. The van der Waals surface area contributed by atoms with Crippen LogP contribution in [-0.2, 0) is 16.0 Å². The van der Waals surface area contributed by atoms with E-state index in [1.807, 2.05) is 25.1 Å². The second-order valence-corrected chi connectivity index (χ2v) is 7.13. The normalized spacial score (nSPS) is 13.6. The number of ether oxygens (including phenoxy) is 2. The molecule has 3 rings (SSSR count). The van der Waals surface area contributed by atoms with E-state index in [1.165, 1.54) is 10.5 Å². The van der Waals surface area contributed by atoms with Crippen molar-refractivity contribution in [2.75, 3.05) is 49.4 Å². The molecule has 0 bridgehead atoms. The summed E-state index contributed by atoms with van der Waals surface area (Å²) in [4.78, 5) is 15.9. The Labute approximate surface area is 177 Å². The van der Waals surface area contributed by atoms with Crippen molar-refractivity contribution in [3.63, 3.8) is 0 Å². The highest BCUT2D eigenvalue weighted by Crippen LogP contribution is 2.26. The Kier molecular flexibility index (Phi) is 8.96. The van der Waals surface area contributed by atoms with E-state index in [2.05, 4.69) is 40.7 Å². The molecule has 1 saturated heterocycles. The molecule has 28 heavy (non-hydrogen) atoms. The van der Waals surface area contributed by atoms with Crippen molar-refractivity contribution in [3.05, 3.63) is 53.6 Å². The number of hydrogen-bond donors (Lipinski definition) is 1. The summed E-state index contributed by atoms with van der Waals surface area (Å²) in [7, 11) is 0. The molecule has 0 spiro atoms. The average molecular weight is 423 g/mol. The number of halogens is 1. The number of hydrogen-bond acceptors (Lipinski definition) is 6. The second kappa shape index (κ2) is 11.2. The maximum absolute atomic E-state index is 12.5. The zero-order chi connectivity index (χ0) is 19.1. The summed E-state index contributed by atoms with van der Waals surface area (Å²) in [5, 5.41) is 3.41. The maximum Gasteiger partial charge on any atom is 0.340 e. The lowest BCUT2D eigenvalue weighted by Crippen LogP contribution is -2.37. The number of esters is 1. The molecule has 152 valence electrons. The summed E-state index contributed by atoms with van der Waals surface area (Å²) in [5.74, 6) is -0.285. The number of carbonyl (C=O) groups is 1. The van der Waals surface area contributed by atoms with E-state index in [4.69, 9.17) is 9.47 Å². The number of thioether (sulfide) groups is 1. The molecule has 0 unspecified atom stereocenters. The van der Waals surface area contributed by atoms with Gasteiger partial charge in [-0.05, 0) is 49.1 Å². The van der Waals surface area contributed by atoms with Crippen LogP contribution in [0.5, 0.6) is 0 Å². The van der Waals surface area contributed by atoms with Gasteiger partial charge in [0.1, 0.15) is 0 Å². The van der Waals surface area contributed by atoms with Crippen molar-refractivity contribution in [2.45, 2.75) is 18.4 Å². The maximum atomic E-state index is 12.5. The molecule has 5 nitrogen and oxygen atoms in total. The molecule has 1 N–H and O–H groups in total. The average Bonchev–Trinajstić information content (AvgIpc) is 2.73. The summed E-state index contributed by atoms with van der Waals surface area (Å²) >= 11 is 1.73. The number of nitrogens with one attached hydrogen (secondary N) is 1. The summed E-state index contributed by atoms with van der Waals surface area (Å²) < 4.78 is 10.7. The Bertz CT molecular complexity index is 765. The molecule has 1 aliphatic rings. The van der Waals surface area contributed by atoms with Crippen molar-refractivity contribution in [1.82, 2.24) is 0 Å². The molecule has 0 atom stereocenters. The van der Waals surface area contributed by atoms with E-state index in [1.54, 1.807) is 11.8 Å². The van der Waals surface area contributed by atoms with Gasteiger partial charge < -0.3 is 19.7 Å². The van der Waals surface area contributed by atoms with Gasteiger partial charge in [0, 0.05) is 30.2 Å². The quantitative estimate of drug-likeness (QED) is 0.525. The standard InChI is InChI=1S/C21H26N2O3S.ClH/c1-3-26-21(24)19-14-17(6-9-20(19)23-10-12-25-13-11-23)22-15-16-4-7-18(27-2)8-5-16;/h4-9,14,22H,3,10-13,15H2,1-2H3;1H. The van der Waals surface area contributed by atoms with Crippen molar-refractivity contribution < 1.29 is 14.3 Å². The third kappa shape index (κ3) is 5.80. The summed E-state index contributed by atoms with van der Waals surface area (Å²) in [6.45, 7) is 5.80. The van der Waals surface area contributed by atoms with Crippen LogP contribution in [0.1, 0.15) is 22.8 Å². The highest BCUT2D eigenvalue weighted by atomic mass is 35.5. The van der Waals surface area contributed by atoms with Crippen LogP contribution in [0.4, 0.5) is 11.4 Å². The molecule has 0 radical (unpaired) electrons. The molecule has 1 fully saturated rings. The van der Waals surface area contributed by atoms with Crippen LogP contribution in [0.25, 0.3) is 0 Å². The third-order valence-electron chi connectivity index (χ3n) is 4.50. The Morgan fingerprint density at radius 3 is 2.54 bits per heavy atom. The zero-order valence-corrected chi connectivity index (χ0v) is 17.9. The number of morpholine rings is 1. The van der Waals surface area contributed by atoms with Gasteiger partial charge in [0.2, 0.25) is 0 Å². The molecule has 1 aliphatic heterocycles. The van der Waals surface area contributed by atoms with Gasteiger partial charge in [-0.25, -0.2) is 4.79 Å². The molecule has 0 saturated carbocycles. The van der Waals surface area contributed by atoms with Gasteiger partial charge in [-0.3, -0.25) is 0 Å². The first-order chi connectivity index (χ1) is 13.2. The predicted octanol–water partition coefficient (Wildman–Crippen LogP) is 4.46. The fourth-order valence-electron chi connectivity index (χ4n) is 3.05. The van der Waals surface area contributed by atoms with Gasteiger partial charge in [0.15, 0.2) is 0 Å². The molecular formula is C21H27ClN2O3S. The largest absolute Gasteiger partial charge is 0.462 e. The van der Waals surface area contributed by atoms with Gasteiger partial charge >= 0.3 is 5.97 Å². The van der Waals surface area contributed by atoms with Crippen LogP contribution in [0, 0.1) is 0 Å². The highest BCUT2D eigenvalue weighted by molar-refractivity contribution is 7.98. The van der Waals surface area contributed by atoms with Crippen LogP contribution in [0.15, 0.2) is 47.4 Å². The van der Waals surface area contributed by atoms with Crippen LogP contribution < -0.4 is 10.2 Å². The minimum absolute atomic E-state index is 0. The van der Waals surface area contributed by atoms with E-state index in [9.17, 15) is 4.79 Å². The minimum atomic E-state index is -0.285. The Morgan fingerprint density at radius 2 is 1.89 bits per heavy atom. The molecule has 0 aliphatic carbocycles. The molecule has 1 heterocycles. The minimum Gasteiger partial charge on any atom is -0.462 e. The zero-order valence-electron chi connectivity index (χ0n) is 16.3. The van der Waals surface area contributed by atoms with Crippen LogP contribution in [-0.4, -0.2) is 45.1 Å². The lowest BCUT2D eigenvalue weighted by Gasteiger charge is -2.30. The molecule has 0 aromatic heterocycles. The van der Waals surface area contributed by atoms with Crippen molar-refractivity contribution in [3.8, 4) is 0 Å². The Hall–Kier alpha value is -1.89. The lowest BCUT2D eigenvalue weighted by molar-refractivity contribution is 0.0526. The van der Waals surface area contributed by atoms with Gasteiger partial charge in [0.25, 0.3) is 0 Å². The van der Waals surface area contributed by atoms with Crippen molar-refractivity contribution in [1.29, 1.82) is 0 Å². The first-order valence-electron chi connectivity index (χ1n) is 9.22. The molecule has 2 aromatic rings. The topological polar surface area (TPSA) is 50.8 Å². The monoisotopic (exact) mass is 422 g/mol. The number of rotatable bonds is 7. The molecule has 0 amide bonds. The molecule has 2 aromatic carbocycles. The second-order valence-electron chi connectivity index (χ2n) is 6.25. The van der Waals surface area contributed by atoms with Crippen LogP contribution in [0.3, 0.4) is 0 Å². The first-order valence-corrected chi connectivity index (χ1v) is 10.4. The van der Waals surface area contributed by atoms with Crippen molar-refractivity contribution in [2.24, 2.45) is 0 Å². The summed E-state index contributed by atoms with van der Waals surface area (Å²) in [5.41, 5.74) is 3.61. The summed E-state index contributed by atoms with van der Waals surface area (Å²) in [6.07, 6.45) is 2.07. The lowest BCUT2D eigenvalue weighted by atomic mass is 10.1. The van der Waals surface area contributed by atoms with E-state index in [-0.39, 0.29) is 18.4 Å². The Balaban J connectivity index is 0.00000280. The third-order valence-corrected chi connectivity index (χ3v) is 5.24. The van der Waals surface area contributed by atoms with Gasteiger partial charge in [-0.1, -0.05) is 12.1 Å². The summed E-state index contributed by atoms with van der Waals surface area (Å²) in [6, 6.07) is 14.4. The number of carbonyl (C=O) groups excluding carboxylic acids is 1. The number of nitrogens with zero attached hydrogens (tertiary/aromatic N) is 1. The fraction of sp³-hybridized carbons (Fsp3) is 0.381. The van der Waals surface area contributed by atoms with Gasteiger partial charge in [-0.2, -0.15) is 0 Å².